The monoisotopic (exact) mass is 528 g/mol. The summed E-state index contributed by atoms with van der Waals surface area (Å²) in [5, 5.41) is 18.5. The van der Waals surface area contributed by atoms with Gasteiger partial charge in [0.1, 0.15) is 6.04 Å². The van der Waals surface area contributed by atoms with Crippen molar-refractivity contribution >= 4 is 11.6 Å². The van der Waals surface area contributed by atoms with E-state index in [-0.39, 0.29) is 29.2 Å². The van der Waals surface area contributed by atoms with Crippen LogP contribution in [0.25, 0.3) is 0 Å². The van der Waals surface area contributed by atoms with Crippen LogP contribution in [0.4, 0.5) is 26.3 Å². The molecule has 35 heavy (non-hydrogen) atoms. The molecule has 0 aliphatic carbocycles. The lowest BCUT2D eigenvalue weighted by atomic mass is 9.94. The van der Waals surface area contributed by atoms with Crippen LogP contribution in [0.5, 0.6) is 0 Å². The van der Waals surface area contributed by atoms with Crippen LogP contribution in [-0.2, 0) is 28.2 Å². The molecule has 3 N–H and O–H groups in total. The van der Waals surface area contributed by atoms with Gasteiger partial charge in [-0.3, -0.25) is 10.2 Å². The molecule has 3 aliphatic heterocycles. The van der Waals surface area contributed by atoms with Crippen molar-refractivity contribution < 1.29 is 40.9 Å². The maximum absolute atomic E-state index is 13.3. The third-order valence-corrected chi connectivity index (χ3v) is 6.29. The van der Waals surface area contributed by atoms with E-state index >= 15 is 0 Å². The first-order chi connectivity index (χ1) is 16.4. The summed E-state index contributed by atoms with van der Waals surface area (Å²) in [5.41, 5.74) is -2.81. The maximum Gasteiger partial charge on any atom is 0.416 e. The van der Waals surface area contributed by atoms with Crippen LogP contribution in [0.2, 0.25) is 0 Å². The number of nitrogens with zero attached hydrogens (tertiary/aromatic N) is 1. The average molecular weight is 529 g/mol. The molecule has 14 heteroatoms. The lowest BCUT2D eigenvalue weighted by Gasteiger charge is -2.40. The van der Waals surface area contributed by atoms with Crippen molar-refractivity contribution in [2.45, 2.75) is 31.0 Å². The summed E-state index contributed by atoms with van der Waals surface area (Å²) < 4.78 is 91.4. The molecule has 1 fully saturated rings. The summed E-state index contributed by atoms with van der Waals surface area (Å²) in [4.78, 5) is 1.91. The minimum atomic E-state index is -4.99. The number of quaternary nitrogens is 1. The largest absolute Gasteiger partial charge is 0.628 e. The first-order valence-electron chi connectivity index (χ1n) is 10.8. The van der Waals surface area contributed by atoms with Gasteiger partial charge in [-0.15, -0.1) is 0 Å². The van der Waals surface area contributed by atoms with Crippen molar-refractivity contribution in [3.63, 3.8) is 0 Å². The molecule has 0 saturated carbocycles. The average Bonchev–Trinajstić information content (AvgIpc) is 2.81. The summed E-state index contributed by atoms with van der Waals surface area (Å²) >= 11 is 6.31. The van der Waals surface area contributed by atoms with Crippen LogP contribution in [0.1, 0.15) is 16.7 Å². The standard InChI is InChI=1S/C21H23ClF6N4O3/c22-17-9-18(31-1-3-34-4-2-31)35-19-15(10-29-11-30-19)16(32(17)33)7-12-5-13(20(23,24)25)8-14(6-12)21(26,27)28/h5-6,8-9,16,18,29-30,32H,1-4,7,10-11H2/b17-9-. The smallest absolute Gasteiger partial charge is 0.416 e. The van der Waals surface area contributed by atoms with Gasteiger partial charge in [0.05, 0.1) is 36.6 Å². The van der Waals surface area contributed by atoms with Gasteiger partial charge in [0.2, 0.25) is 5.16 Å². The van der Waals surface area contributed by atoms with Gasteiger partial charge in [-0.25, -0.2) is 0 Å². The number of nitrogens with one attached hydrogen (secondary N) is 3. The lowest BCUT2D eigenvalue weighted by Crippen LogP contribution is -3.10. The lowest BCUT2D eigenvalue weighted by molar-refractivity contribution is -0.822. The summed E-state index contributed by atoms with van der Waals surface area (Å²) in [6.07, 6.45) is -9.71. The minimum Gasteiger partial charge on any atom is -0.628 e. The van der Waals surface area contributed by atoms with Gasteiger partial charge in [0.15, 0.2) is 12.1 Å². The Balaban J connectivity index is 1.71. The molecule has 0 aromatic heterocycles. The number of ether oxygens (including phenoxy) is 2. The van der Waals surface area contributed by atoms with Gasteiger partial charge in [-0.1, -0.05) is 0 Å². The predicted octanol–water partition coefficient (Wildman–Crippen LogP) is 2.15. The highest BCUT2D eigenvalue weighted by Crippen LogP contribution is 2.37. The summed E-state index contributed by atoms with van der Waals surface area (Å²) in [5.74, 6) is 0.252. The van der Waals surface area contributed by atoms with Gasteiger partial charge in [0, 0.05) is 32.1 Å². The predicted molar refractivity (Wildman–Crippen MR) is 113 cm³/mol. The Morgan fingerprint density at radius 3 is 2.29 bits per heavy atom. The summed E-state index contributed by atoms with van der Waals surface area (Å²) in [6, 6.07) is 0.172. The number of hydroxylamine groups is 2. The van der Waals surface area contributed by atoms with Crippen molar-refractivity contribution in [1.29, 1.82) is 0 Å². The second-order valence-corrected chi connectivity index (χ2v) is 8.75. The first kappa shape index (κ1) is 26.0. The van der Waals surface area contributed by atoms with Crippen LogP contribution < -0.4 is 15.7 Å². The number of hydrogen-bond acceptors (Lipinski definition) is 6. The van der Waals surface area contributed by atoms with Crippen molar-refractivity contribution in [2.24, 2.45) is 0 Å². The summed E-state index contributed by atoms with van der Waals surface area (Å²) in [6.45, 7) is 2.40. The molecule has 7 nitrogen and oxygen atoms in total. The van der Waals surface area contributed by atoms with Gasteiger partial charge < -0.3 is 25.1 Å². The molecule has 3 aliphatic rings. The Kier molecular flexibility index (Phi) is 7.55. The Morgan fingerprint density at radius 2 is 1.69 bits per heavy atom. The Morgan fingerprint density at radius 1 is 1.06 bits per heavy atom. The first-order valence-corrected chi connectivity index (χ1v) is 11.2. The van der Waals surface area contributed by atoms with Crippen LogP contribution >= 0.6 is 11.6 Å². The quantitative estimate of drug-likeness (QED) is 0.317. The second-order valence-electron chi connectivity index (χ2n) is 8.34. The van der Waals surface area contributed by atoms with Crippen molar-refractivity contribution in [1.82, 2.24) is 15.5 Å². The van der Waals surface area contributed by atoms with Crippen molar-refractivity contribution in [2.75, 3.05) is 39.5 Å². The number of alkyl halides is 6. The van der Waals surface area contributed by atoms with E-state index in [1.165, 1.54) is 6.08 Å². The zero-order chi connectivity index (χ0) is 25.4. The highest BCUT2D eigenvalue weighted by atomic mass is 35.5. The number of rotatable bonds is 3. The van der Waals surface area contributed by atoms with Gasteiger partial charge >= 0.3 is 12.4 Å². The molecule has 0 bridgehead atoms. The second kappa shape index (κ2) is 10.1. The minimum absolute atomic E-state index is 0.0563. The highest BCUT2D eigenvalue weighted by molar-refractivity contribution is 6.27. The molecule has 0 amide bonds. The maximum atomic E-state index is 13.3. The van der Waals surface area contributed by atoms with Crippen molar-refractivity contribution in [3.8, 4) is 0 Å². The van der Waals surface area contributed by atoms with Crippen molar-refractivity contribution in [3.05, 3.63) is 62.8 Å². The molecule has 194 valence electrons. The van der Waals surface area contributed by atoms with E-state index in [9.17, 15) is 31.5 Å². The molecule has 0 radical (unpaired) electrons. The zero-order valence-corrected chi connectivity index (χ0v) is 19.0. The number of morpholine rings is 1. The fourth-order valence-corrected chi connectivity index (χ4v) is 4.46. The Labute approximate surface area is 201 Å². The van der Waals surface area contributed by atoms with E-state index in [0.29, 0.717) is 50.7 Å². The Hall–Kier alpha value is -2.03. The van der Waals surface area contributed by atoms with Crippen LogP contribution in [0.3, 0.4) is 0 Å². The van der Waals surface area contributed by atoms with E-state index < -0.39 is 47.2 Å². The molecule has 0 spiro atoms. The molecule has 1 saturated heterocycles. The van der Waals surface area contributed by atoms with Crippen LogP contribution in [0.15, 0.2) is 40.9 Å². The molecular formula is C21H23ClF6N4O3. The van der Waals surface area contributed by atoms with E-state index in [4.69, 9.17) is 21.1 Å². The number of hydrogen-bond donors (Lipinski definition) is 3. The SMILES string of the molecule is [O-][NH+]1/C(Cl)=C\C(N2CCOCC2)OC2=C(CNCN2)C1Cc1cc(C(F)(F)F)cc(C(F)(F)F)c1. The van der Waals surface area contributed by atoms with Gasteiger partial charge in [0.25, 0.3) is 0 Å². The Bertz CT molecular complexity index is 962. The molecule has 3 heterocycles. The van der Waals surface area contributed by atoms with E-state index in [2.05, 4.69) is 10.6 Å². The third kappa shape index (κ3) is 6.04. The fraction of sp³-hybridized carbons (Fsp3) is 0.524. The molecule has 3 atom stereocenters. The molecule has 1 aromatic carbocycles. The van der Waals surface area contributed by atoms with E-state index in [0.717, 1.165) is 0 Å². The van der Waals surface area contributed by atoms with Crippen LogP contribution in [-0.4, -0.2) is 56.7 Å². The molecule has 4 rings (SSSR count). The number of halogens is 7. The molecule has 1 aromatic rings. The normalized spacial score (nSPS) is 28.2. The topological polar surface area (TPSA) is 73.3 Å². The molecule has 3 unspecified atom stereocenters. The number of benzene rings is 1. The molecular weight excluding hydrogens is 506 g/mol. The van der Waals surface area contributed by atoms with E-state index in [1.807, 2.05) is 4.90 Å². The van der Waals surface area contributed by atoms with Gasteiger partial charge in [-0.05, 0) is 35.4 Å². The highest BCUT2D eigenvalue weighted by Gasteiger charge is 2.39. The summed E-state index contributed by atoms with van der Waals surface area (Å²) in [7, 11) is 0. The zero-order valence-electron chi connectivity index (χ0n) is 18.2. The fourth-order valence-electron chi connectivity index (χ4n) is 4.22. The van der Waals surface area contributed by atoms with Gasteiger partial charge in [-0.2, -0.15) is 26.3 Å². The third-order valence-electron chi connectivity index (χ3n) is 5.97. The van der Waals surface area contributed by atoms with Crippen LogP contribution in [0, 0.1) is 5.21 Å². The van der Waals surface area contributed by atoms with E-state index in [1.54, 1.807) is 0 Å².